The highest BCUT2D eigenvalue weighted by atomic mass is 32.1. The first kappa shape index (κ1) is 21.0. The summed E-state index contributed by atoms with van der Waals surface area (Å²) in [7, 11) is 3.90. The second-order valence-corrected chi connectivity index (χ2v) is 8.57. The summed E-state index contributed by atoms with van der Waals surface area (Å²) >= 11 is 1.61. The second kappa shape index (κ2) is 8.83. The molecule has 4 rings (SSSR count). The van der Waals surface area contributed by atoms with Crippen LogP contribution in [0.15, 0.2) is 77.9 Å². The molecule has 2 aromatic heterocycles. The van der Waals surface area contributed by atoms with Crippen LogP contribution in [0.5, 0.6) is 0 Å². The molecule has 31 heavy (non-hydrogen) atoms. The van der Waals surface area contributed by atoms with Crippen molar-refractivity contribution in [3.63, 3.8) is 0 Å². The maximum atomic E-state index is 13.2. The van der Waals surface area contributed by atoms with Crippen molar-refractivity contribution < 1.29 is 14.7 Å². The molecule has 0 spiro atoms. The van der Waals surface area contributed by atoms with Crippen LogP contribution in [-0.4, -0.2) is 52.2 Å². The molecule has 2 unspecified atom stereocenters. The van der Waals surface area contributed by atoms with Crippen LogP contribution in [0, 0.1) is 0 Å². The van der Waals surface area contributed by atoms with Crippen molar-refractivity contribution in [3.8, 4) is 0 Å². The summed E-state index contributed by atoms with van der Waals surface area (Å²) in [6.07, 6.45) is 3.25. The van der Waals surface area contributed by atoms with Gasteiger partial charge in [0.1, 0.15) is 5.76 Å². The lowest BCUT2D eigenvalue weighted by Gasteiger charge is -2.32. The number of aromatic nitrogens is 1. The molecule has 0 aliphatic carbocycles. The van der Waals surface area contributed by atoms with E-state index in [2.05, 4.69) is 4.98 Å². The molecule has 1 fully saturated rings. The fourth-order valence-electron chi connectivity index (χ4n) is 3.89. The van der Waals surface area contributed by atoms with Crippen LogP contribution in [0.25, 0.3) is 5.76 Å². The number of pyridine rings is 1. The molecule has 1 amide bonds. The van der Waals surface area contributed by atoms with Crippen LogP contribution in [0.3, 0.4) is 0 Å². The SMILES string of the molecule is CN(C)C(CN1C(=O)C(=O)/C(=C(/O)c2ccccc2)C1c1ccncc1)c1cccs1. The number of carbonyl (C=O) groups excluding carboxylic acids is 2. The number of hydrogen-bond donors (Lipinski definition) is 1. The lowest BCUT2D eigenvalue weighted by Crippen LogP contribution is -2.37. The van der Waals surface area contributed by atoms with Crippen LogP contribution in [0.1, 0.15) is 28.1 Å². The Labute approximate surface area is 185 Å². The topological polar surface area (TPSA) is 73.7 Å². The van der Waals surface area contributed by atoms with Gasteiger partial charge in [0.15, 0.2) is 0 Å². The number of carbonyl (C=O) groups is 2. The van der Waals surface area contributed by atoms with Crippen molar-refractivity contribution in [1.82, 2.24) is 14.8 Å². The maximum Gasteiger partial charge on any atom is 0.295 e. The normalized spacial score (nSPS) is 19.2. The lowest BCUT2D eigenvalue weighted by atomic mass is 9.96. The Balaban J connectivity index is 1.83. The van der Waals surface area contributed by atoms with E-state index in [1.165, 1.54) is 0 Å². The Bertz CT molecular complexity index is 1100. The highest BCUT2D eigenvalue weighted by molar-refractivity contribution is 7.10. The Kier molecular flexibility index (Phi) is 5.97. The first-order chi connectivity index (χ1) is 15.0. The molecule has 7 heteroatoms. The molecule has 1 N–H and O–H groups in total. The Hall–Kier alpha value is -3.29. The first-order valence-corrected chi connectivity index (χ1v) is 10.8. The predicted molar refractivity (Wildman–Crippen MR) is 120 cm³/mol. The van der Waals surface area contributed by atoms with Gasteiger partial charge in [0.2, 0.25) is 0 Å². The molecule has 3 aromatic rings. The molecule has 1 saturated heterocycles. The third kappa shape index (κ3) is 4.02. The number of likely N-dealkylation sites (N-methyl/N-ethyl adjacent to an activating group) is 1. The molecule has 0 radical (unpaired) electrons. The van der Waals surface area contributed by atoms with Gasteiger partial charge in [-0.3, -0.25) is 14.6 Å². The van der Waals surface area contributed by atoms with E-state index in [9.17, 15) is 14.7 Å². The van der Waals surface area contributed by atoms with Gasteiger partial charge in [0.25, 0.3) is 11.7 Å². The first-order valence-electron chi connectivity index (χ1n) is 9.92. The zero-order valence-corrected chi connectivity index (χ0v) is 18.1. The fraction of sp³-hybridized carbons (Fsp3) is 0.208. The minimum absolute atomic E-state index is 0.0840. The number of Topliss-reactive ketones (excluding diaryl/α,β-unsaturated/α-hetero) is 1. The Morgan fingerprint density at radius 3 is 2.42 bits per heavy atom. The number of likely N-dealkylation sites (tertiary alicyclic amines) is 1. The minimum Gasteiger partial charge on any atom is -0.507 e. The number of nitrogens with zero attached hydrogens (tertiary/aromatic N) is 3. The fourth-order valence-corrected chi connectivity index (χ4v) is 4.80. The zero-order chi connectivity index (χ0) is 22.0. The van der Waals surface area contributed by atoms with E-state index in [1.807, 2.05) is 42.6 Å². The van der Waals surface area contributed by atoms with Gasteiger partial charge in [-0.15, -0.1) is 11.3 Å². The highest BCUT2D eigenvalue weighted by Crippen LogP contribution is 2.40. The second-order valence-electron chi connectivity index (χ2n) is 7.59. The number of aliphatic hydroxyl groups is 1. The molecule has 1 aromatic carbocycles. The van der Waals surface area contributed by atoms with Crippen molar-refractivity contribution in [3.05, 3.63) is 93.9 Å². The number of ketones is 1. The van der Waals surface area contributed by atoms with Crippen LogP contribution in [-0.2, 0) is 9.59 Å². The molecule has 0 saturated carbocycles. The van der Waals surface area contributed by atoms with Gasteiger partial charge in [0.05, 0.1) is 17.7 Å². The molecule has 1 aliphatic heterocycles. The van der Waals surface area contributed by atoms with Crippen molar-refractivity contribution in [2.75, 3.05) is 20.6 Å². The minimum atomic E-state index is -0.689. The molecule has 3 heterocycles. The summed E-state index contributed by atoms with van der Waals surface area (Å²) in [4.78, 5) is 35.0. The lowest BCUT2D eigenvalue weighted by molar-refractivity contribution is -0.140. The number of rotatable bonds is 6. The van der Waals surface area contributed by atoms with Crippen molar-refractivity contribution >= 4 is 28.8 Å². The summed E-state index contributed by atoms with van der Waals surface area (Å²) < 4.78 is 0. The Morgan fingerprint density at radius 1 is 1.10 bits per heavy atom. The van der Waals surface area contributed by atoms with Gasteiger partial charge in [0, 0.05) is 29.4 Å². The maximum absolute atomic E-state index is 13.2. The summed E-state index contributed by atoms with van der Waals surface area (Å²) in [6, 6.07) is 15.6. The molecule has 2 atom stereocenters. The van der Waals surface area contributed by atoms with E-state index in [-0.39, 0.29) is 17.4 Å². The number of aliphatic hydroxyl groups excluding tert-OH is 1. The summed E-state index contributed by atoms with van der Waals surface area (Å²) in [5.74, 6) is -1.45. The monoisotopic (exact) mass is 433 g/mol. The molecular formula is C24H23N3O3S. The van der Waals surface area contributed by atoms with E-state index in [0.29, 0.717) is 12.1 Å². The molecule has 1 aliphatic rings. The third-order valence-electron chi connectivity index (χ3n) is 5.47. The number of hydrogen-bond acceptors (Lipinski definition) is 6. The van der Waals surface area contributed by atoms with Crippen molar-refractivity contribution in [2.24, 2.45) is 0 Å². The summed E-state index contributed by atoms with van der Waals surface area (Å²) in [5, 5.41) is 13.0. The van der Waals surface area contributed by atoms with E-state index >= 15 is 0 Å². The largest absolute Gasteiger partial charge is 0.507 e. The van der Waals surface area contributed by atoms with E-state index in [1.54, 1.807) is 65.0 Å². The van der Waals surface area contributed by atoms with Gasteiger partial charge >= 0.3 is 0 Å². The van der Waals surface area contributed by atoms with Gasteiger partial charge < -0.3 is 14.9 Å². The standard InChI is InChI=1S/C24H23N3O3S/c1-26(2)18(19-9-6-14-31-19)15-27-21(16-10-12-25-13-11-16)20(23(29)24(27)30)22(28)17-7-4-3-5-8-17/h3-14,18,21,28H,15H2,1-2H3/b22-20+. The number of thiophene rings is 1. The van der Waals surface area contributed by atoms with E-state index < -0.39 is 17.7 Å². The van der Waals surface area contributed by atoms with Crippen LogP contribution in [0.2, 0.25) is 0 Å². The van der Waals surface area contributed by atoms with Crippen molar-refractivity contribution in [1.29, 1.82) is 0 Å². The molecule has 6 nitrogen and oxygen atoms in total. The quantitative estimate of drug-likeness (QED) is 0.363. The number of amides is 1. The smallest absolute Gasteiger partial charge is 0.295 e. The Morgan fingerprint density at radius 2 is 1.81 bits per heavy atom. The van der Waals surface area contributed by atoms with E-state index in [0.717, 1.165) is 10.4 Å². The van der Waals surface area contributed by atoms with E-state index in [4.69, 9.17) is 0 Å². The molecule has 0 bridgehead atoms. The highest BCUT2D eigenvalue weighted by Gasteiger charge is 2.47. The third-order valence-corrected chi connectivity index (χ3v) is 6.45. The average Bonchev–Trinajstić information content (AvgIpc) is 3.40. The summed E-state index contributed by atoms with van der Waals surface area (Å²) in [6.45, 7) is 0.316. The van der Waals surface area contributed by atoms with Crippen LogP contribution in [0.4, 0.5) is 0 Å². The van der Waals surface area contributed by atoms with Gasteiger partial charge in [-0.25, -0.2) is 0 Å². The predicted octanol–water partition coefficient (Wildman–Crippen LogP) is 3.87. The van der Waals surface area contributed by atoms with Gasteiger partial charge in [-0.2, -0.15) is 0 Å². The molecule has 158 valence electrons. The molecular weight excluding hydrogens is 410 g/mol. The van der Waals surface area contributed by atoms with Gasteiger partial charge in [-0.1, -0.05) is 36.4 Å². The van der Waals surface area contributed by atoms with Crippen molar-refractivity contribution in [2.45, 2.75) is 12.1 Å². The van der Waals surface area contributed by atoms with Gasteiger partial charge in [-0.05, 0) is 43.2 Å². The average molecular weight is 434 g/mol. The van der Waals surface area contributed by atoms with Crippen LogP contribution < -0.4 is 0 Å². The number of benzene rings is 1. The summed E-state index contributed by atoms with van der Waals surface area (Å²) in [5.41, 5.74) is 1.34. The zero-order valence-electron chi connectivity index (χ0n) is 17.3. The van der Waals surface area contributed by atoms with Crippen LogP contribution >= 0.6 is 11.3 Å².